The van der Waals surface area contributed by atoms with Crippen LogP contribution in [0, 0.1) is 11.8 Å². The fraction of sp³-hybridized carbons (Fsp3) is 0.768. The Kier molecular flexibility index (Phi) is 28.3. The number of carbonyl (C=O) groups is 5. The van der Waals surface area contributed by atoms with Gasteiger partial charge in [0, 0.05) is 46.1 Å². The third-order valence-electron chi connectivity index (χ3n) is 15.3. The monoisotopic (exact) mass is 1260 g/mol. The van der Waals surface area contributed by atoms with Gasteiger partial charge in [-0.3, -0.25) is 24.0 Å². The number of amides is 5. The fourth-order valence-corrected chi connectivity index (χ4v) is 11.0. The molecule has 5 fully saturated rings. The average molecular weight is 1260 g/mol. The predicted molar refractivity (Wildman–Crippen MR) is 296 cm³/mol. The van der Waals surface area contributed by atoms with Crippen LogP contribution in [-0.4, -0.2) is 284 Å². The Hall–Kier alpha value is -4.91. The van der Waals surface area contributed by atoms with E-state index in [2.05, 4.69) is 45.3 Å². The number of nitrogens with one attached hydrogen (secondary N) is 5. The second kappa shape index (κ2) is 34.5. The number of benzene rings is 1. The third-order valence-corrected chi connectivity index (χ3v) is 15.3. The molecule has 5 aliphatic heterocycles. The minimum atomic E-state index is -2.03. The lowest BCUT2D eigenvalue weighted by molar-refractivity contribution is -0.367. The van der Waals surface area contributed by atoms with Gasteiger partial charge in [-0.25, -0.2) is 0 Å². The SMILES string of the molecule is CCCCCCC#CCCCOc1cccc(C(=O)N[C@H]2C(O[C@H]3C(O)C(NC(C)=O)[C@H](OC4C(CO)O[C@@H](O[C@H]5C(O)C(NC(C)=O)[C@H](OC6C(CO)OC(O)[C@@H](NC(C)=O)[C@H]6O)O[C@H]5CO)[C@@H](NC(C)=O)[C@H]4O)O[C@H]3CO)OC(CO)[C@@H](O)[C@@H]2O)c1. The molecule has 32 nitrogen and oxygen atoms in total. The molecule has 25 atom stereocenters. The first-order valence-corrected chi connectivity index (χ1v) is 29.3. The minimum Gasteiger partial charge on any atom is -0.494 e. The Morgan fingerprint density at radius 3 is 1.24 bits per heavy atom. The van der Waals surface area contributed by atoms with Crippen LogP contribution in [0.2, 0.25) is 0 Å². The van der Waals surface area contributed by atoms with Crippen molar-refractivity contribution < 1.29 is 133 Å². The molecule has 498 valence electrons. The Labute approximate surface area is 507 Å². The highest BCUT2D eigenvalue weighted by Gasteiger charge is 2.58. The van der Waals surface area contributed by atoms with Gasteiger partial charge in [0.25, 0.3) is 5.91 Å². The fourth-order valence-electron chi connectivity index (χ4n) is 11.0. The van der Waals surface area contributed by atoms with E-state index in [9.17, 15) is 85.3 Å². The molecule has 11 unspecified atom stereocenters. The molecule has 32 heteroatoms. The van der Waals surface area contributed by atoms with Gasteiger partial charge in [0.1, 0.15) is 128 Å². The molecule has 6 rings (SSSR count). The number of aliphatic hydroxyl groups is 12. The molecular weight excluding hydrogens is 1170 g/mol. The molecule has 0 bridgehead atoms. The van der Waals surface area contributed by atoms with Crippen LogP contribution in [0.3, 0.4) is 0 Å². The summed E-state index contributed by atoms with van der Waals surface area (Å²) >= 11 is 0. The first-order chi connectivity index (χ1) is 42.0. The number of ether oxygens (including phenoxy) is 10. The van der Waals surface area contributed by atoms with Crippen molar-refractivity contribution >= 4 is 29.5 Å². The second-order valence-electron chi connectivity index (χ2n) is 22.0. The molecule has 0 saturated carbocycles. The largest absolute Gasteiger partial charge is 0.494 e. The highest BCUT2D eigenvalue weighted by atomic mass is 16.8. The third kappa shape index (κ3) is 18.6. The number of hydrogen-bond donors (Lipinski definition) is 17. The Morgan fingerprint density at radius 2 is 0.830 bits per heavy atom. The van der Waals surface area contributed by atoms with Crippen LogP contribution in [0.5, 0.6) is 5.75 Å². The van der Waals surface area contributed by atoms with E-state index in [1.54, 1.807) is 12.1 Å². The highest BCUT2D eigenvalue weighted by molar-refractivity contribution is 5.94. The summed E-state index contributed by atoms with van der Waals surface area (Å²) < 4.78 is 59.8. The van der Waals surface area contributed by atoms with E-state index in [4.69, 9.17) is 47.4 Å². The molecule has 0 spiro atoms. The highest BCUT2D eigenvalue weighted by Crippen LogP contribution is 2.36. The van der Waals surface area contributed by atoms with Crippen molar-refractivity contribution in [2.24, 2.45) is 0 Å². The molecule has 88 heavy (non-hydrogen) atoms. The summed E-state index contributed by atoms with van der Waals surface area (Å²) in [4.78, 5) is 64.1. The molecule has 1 aromatic rings. The van der Waals surface area contributed by atoms with E-state index in [1.807, 2.05) is 0 Å². The minimum absolute atomic E-state index is 0.0436. The first-order valence-electron chi connectivity index (χ1n) is 29.3. The van der Waals surface area contributed by atoms with E-state index < -0.39 is 216 Å². The summed E-state index contributed by atoms with van der Waals surface area (Å²) in [6.07, 6.45) is -29.4. The maximum absolute atomic E-state index is 13.9. The molecule has 5 saturated heterocycles. The quantitative estimate of drug-likeness (QED) is 0.0288. The molecule has 1 aromatic carbocycles. The van der Waals surface area contributed by atoms with Gasteiger partial charge >= 0.3 is 0 Å². The van der Waals surface area contributed by atoms with Crippen LogP contribution in [0.1, 0.15) is 89.9 Å². The van der Waals surface area contributed by atoms with Crippen molar-refractivity contribution in [1.82, 2.24) is 26.6 Å². The van der Waals surface area contributed by atoms with Gasteiger partial charge in [-0.05, 0) is 31.0 Å². The van der Waals surface area contributed by atoms with E-state index in [1.165, 1.54) is 18.6 Å². The summed E-state index contributed by atoms with van der Waals surface area (Å²) in [7, 11) is 0. The molecule has 0 aromatic heterocycles. The zero-order chi connectivity index (χ0) is 64.5. The van der Waals surface area contributed by atoms with Gasteiger partial charge in [-0.2, -0.15) is 0 Å². The van der Waals surface area contributed by atoms with Crippen LogP contribution in [0.25, 0.3) is 0 Å². The van der Waals surface area contributed by atoms with Gasteiger partial charge in [0.15, 0.2) is 31.5 Å². The van der Waals surface area contributed by atoms with Crippen LogP contribution in [0.15, 0.2) is 24.3 Å². The number of hydrogen-bond acceptors (Lipinski definition) is 27. The van der Waals surface area contributed by atoms with Crippen LogP contribution >= 0.6 is 0 Å². The lowest BCUT2D eigenvalue weighted by atomic mass is 9.93. The van der Waals surface area contributed by atoms with Crippen molar-refractivity contribution in [2.75, 3.05) is 39.6 Å². The van der Waals surface area contributed by atoms with Crippen molar-refractivity contribution in [2.45, 2.75) is 233 Å². The van der Waals surface area contributed by atoms with Gasteiger partial charge in [-0.1, -0.05) is 32.3 Å². The predicted octanol–water partition coefficient (Wildman–Crippen LogP) is -6.78. The Balaban J connectivity index is 1.18. The first kappa shape index (κ1) is 72.2. The Morgan fingerprint density at radius 1 is 0.455 bits per heavy atom. The van der Waals surface area contributed by atoms with Crippen molar-refractivity contribution in [3.05, 3.63) is 29.8 Å². The lowest BCUT2D eigenvalue weighted by Gasteiger charge is -2.51. The van der Waals surface area contributed by atoms with Crippen LogP contribution in [0.4, 0.5) is 0 Å². The molecule has 0 radical (unpaired) electrons. The maximum Gasteiger partial charge on any atom is 0.251 e. The molecular formula is C56H87N5O27. The Bertz CT molecular complexity index is 2460. The van der Waals surface area contributed by atoms with Gasteiger partial charge < -0.3 is 135 Å². The van der Waals surface area contributed by atoms with Gasteiger partial charge in [-0.15, -0.1) is 11.8 Å². The topological polar surface area (TPSA) is 481 Å². The number of unbranched alkanes of at least 4 members (excludes halogenated alkanes) is 5. The molecule has 5 heterocycles. The van der Waals surface area contributed by atoms with Crippen LogP contribution in [-0.2, 0) is 61.8 Å². The van der Waals surface area contributed by atoms with Crippen molar-refractivity contribution in [1.29, 1.82) is 0 Å². The van der Waals surface area contributed by atoms with Crippen molar-refractivity contribution in [3.63, 3.8) is 0 Å². The lowest BCUT2D eigenvalue weighted by Crippen LogP contribution is -2.72. The average Bonchev–Trinajstić information content (AvgIpc) is 1.44. The van der Waals surface area contributed by atoms with E-state index in [-0.39, 0.29) is 5.56 Å². The summed E-state index contributed by atoms with van der Waals surface area (Å²) in [5.41, 5.74) is 0.0436. The summed E-state index contributed by atoms with van der Waals surface area (Å²) in [6, 6.07) is -2.26. The van der Waals surface area contributed by atoms with E-state index >= 15 is 0 Å². The normalized spacial score (nSPS) is 37.5. The number of aliphatic hydroxyl groups excluding tert-OH is 12. The van der Waals surface area contributed by atoms with Gasteiger partial charge in [0.2, 0.25) is 23.6 Å². The van der Waals surface area contributed by atoms with Crippen LogP contribution < -0.4 is 31.3 Å². The molecule has 5 aliphatic rings. The smallest absolute Gasteiger partial charge is 0.251 e. The molecule has 5 amide bonds. The summed E-state index contributed by atoms with van der Waals surface area (Å²) in [5.74, 6) is 2.72. The zero-order valence-corrected chi connectivity index (χ0v) is 49.4. The summed E-state index contributed by atoms with van der Waals surface area (Å²) in [6.45, 7) is 1.92. The number of rotatable bonds is 27. The maximum atomic E-state index is 13.9. The second-order valence-corrected chi connectivity index (χ2v) is 22.0. The van der Waals surface area contributed by atoms with E-state index in [0.29, 0.717) is 25.2 Å². The summed E-state index contributed by atoms with van der Waals surface area (Å²) in [5, 5.41) is 145. The molecule has 17 N–H and O–H groups in total. The molecule has 0 aliphatic carbocycles. The van der Waals surface area contributed by atoms with Crippen molar-refractivity contribution in [3.8, 4) is 17.6 Å². The van der Waals surface area contributed by atoms with Gasteiger partial charge in [0.05, 0.1) is 39.6 Å². The zero-order valence-electron chi connectivity index (χ0n) is 49.4. The number of carbonyl (C=O) groups excluding carboxylic acids is 5. The van der Waals surface area contributed by atoms with E-state index in [0.717, 1.165) is 53.4 Å². The standard InChI is InChI=1S/C56H87N5O27/c1-6-7-8-9-10-11-12-13-14-18-79-30-17-15-16-29(19-30)51(77)61-37-42(72)41(71)31(20-62)81-53(37)86-48-33(22-64)83-55(39(44(48)74)59-27(4)69)88-50-35(24-66)84-56(40(46(50)76)60-28(5)70)87-49-34(23-65)82-54(38(45(49)75)58-26(3)68)85-47-32(21-63)80-52(78)36(43(47)73)57-25(2)67/h15-17,19,31-50,52-56,62-66,71-76,78H,6-10,13-14,18,20-24H2,1-5H3,(H,57,67)(H,58,68)(H,59,69)(H,60,70)(H,61,77)/t31?,32?,33-,34-,35?,36-,37+,38?,39?,40-,41+,42+,43+,44?,45?,46+,47?,48+,49+,50?,52?,53?,54-,55-,56-/m0/s1.